The van der Waals surface area contributed by atoms with Gasteiger partial charge in [0, 0.05) is 10.6 Å². The van der Waals surface area contributed by atoms with Crippen molar-refractivity contribution in [1.82, 2.24) is 5.32 Å². The van der Waals surface area contributed by atoms with Crippen LogP contribution in [0.15, 0.2) is 18.2 Å². The Morgan fingerprint density at radius 1 is 1.05 bits per heavy atom. The summed E-state index contributed by atoms with van der Waals surface area (Å²) in [6.45, 7) is 0. The van der Waals surface area contributed by atoms with Crippen molar-refractivity contribution < 1.29 is 4.79 Å². The molecule has 4 aliphatic carbocycles. The van der Waals surface area contributed by atoms with Crippen molar-refractivity contribution in [2.75, 3.05) is 0 Å². The third-order valence-electron chi connectivity index (χ3n) is 5.59. The van der Waals surface area contributed by atoms with Gasteiger partial charge in [0.25, 0.3) is 5.91 Å². The molecule has 4 fully saturated rings. The van der Waals surface area contributed by atoms with Crippen molar-refractivity contribution in [3.8, 4) is 0 Å². The van der Waals surface area contributed by atoms with Crippen LogP contribution in [-0.2, 0) is 0 Å². The fourth-order valence-corrected chi connectivity index (χ4v) is 5.74. The molecule has 4 bridgehead atoms. The van der Waals surface area contributed by atoms with Crippen molar-refractivity contribution in [3.05, 3.63) is 33.8 Å². The van der Waals surface area contributed by atoms with Gasteiger partial charge < -0.3 is 5.32 Å². The summed E-state index contributed by atoms with van der Waals surface area (Å²) < 4.78 is 0. The maximum Gasteiger partial charge on any atom is 0.253 e. The highest BCUT2D eigenvalue weighted by Crippen LogP contribution is 2.55. The molecule has 0 heterocycles. The van der Waals surface area contributed by atoms with E-state index >= 15 is 0 Å². The molecule has 0 unspecified atom stereocenters. The van der Waals surface area contributed by atoms with Gasteiger partial charge in [-0.1, -0.05) is 23.2 Å². The zero-order valence-corrected chi connectivity index (χ0v) is 13.4. The van der Waals surface area contributed by atoms with Gasteiger partial charge in [0.2, 0.25) is 0 Å². The minimum absolute atomic E-state index is 0.0226. The van der Waals surface area contributed by atoms with Gasteiger partial charge in [-0.05, 0) is 74.5 Å². The standard InChI is InChI=1S/C17H19Cl2NO/c18-13-1-2-14(15(19)6-13)16(21)20-17-7-10-3-11(8-17)5-12(4-10)9-17/h1-2,6,10-12H,3-5,7-9H2,(H,20,21). The predicted octanol–water partition coefficient (Wildman–Crippen LogP) is 4.69. The number of hydrogen-bond acceptors (Lipinski definition) is 1. The number of hydrogen-bond donors (Lipinski definition) is 1. The Morgan fingerprint density at radius 3 is 2.14 bits per heavy atom. The summed E-state index contributed by atoms with van der Waals surface area (Å²) in [6, 6.07) is 5.08. The van der Waals surface area contributed by atoms with Gasteiger partial charge in [-0.2, -0.15) is 0 Å². The molecule has 1 amide bonds. The second-order valence-corrected chi connectivity index (χ2v) is 8.12. The maximum absolute atomic E-state index is 12.6. The summed E-state index contributed by atoms with van der Waals surface area (Å²) in [5.74, 6) is 2.41. The van der Waals surface area contributed by atoms with E-state index in [4.69, 9.17) is 23.2 Å². The van der Waals surface area contributed by atoms with Gasteiger partial charge in [0.05, 0.1) is 10.6 Å². The first-order chi connectivity index (χ1) is 10.0. The summed E-state index contributed by atoms with van der Waals surface area (Å²) in [4.78, 5) is 12.6. The van der Waals surface area contributed by atoms with Crippen LogP contribution >= 0.6 is 23.2 Å². The topological polar surface area (TPSA) is 29.1 Å². The Kier molecular flexibility index (Phi) is 3.24. The fourth-order valence-electron chi connectivity index (χ4n) is 5.25. The van der Waals surface area contributed by atoms with Crippen molar-refractivity contribution >= 4 is 29.1 Å². The summed E-state index contributed by atoms with van der Waals surface area (Å²) >= 11 is 12.1. The van der Waals surface area contributed by atoms with E-state index in [9.17, 15) is 4.79 Å². The molecule has 4 saturated carbocycles. The molecule has 1 aromatic rings. The van der Waals surface area contributed by atoms with E-state index in [2.05, 4.69) is 5.32 Å². The van der Waals surface area contributed by atoms with E-state index in [-0.39, 0.29) is 11.4 Å². The monoisotopic (exact) mass is 323 g/mol. The van der Waals surface area contributed by atoms with Crippen LogP contribution in [-0.4, -0.2) is 11.4 Å². The van der Waals surface area contributed by atoms with Crippen LogP contribution in [0.2, 0.25) is 10.0 Å². The zero-order chi connectivity index (χ0) is 14.6. The molecular formula is C17H19Cl2NO. The van der Waals surface area contributed by atoms with Gasteiger partial charge in [-0.3, -0.25) is 4.79 Å². The van der Waals surface area contributed by atoms with E-state index in [1.165, 1.54) is 19.3 Å². The fraction of sp³-hybridized carbons (Fsp3) is 0.588. The first-order valence-electron chi connectivity index (χ1n) is 7.81. The molecule has 0 aromatic heterocycles. The largest absolute Gasteiger partial charge is 0.347 e. The van der Waals surface area contributed by atoms with Gasteiger partial charge in [0.1, 0.15) is 0 Å². The van der Waals surface area contributed by atoms with Crippen LogP contribution in [0.5, 0.6) is 0 Å². The van der Waals surface area contributed by atoms with Gasteiger partial charge >= 0.3 is 0 Å². The molecule has 1 N–H and O–H groups in total. The minimum atomic E-state index is -0.0429. The SMILES string of the molecule is O=C(NC12CC3CC(CC(C3)C1)C2)c1ccc(Cl)cc1Cl. The van der Waals surface area contributed by atoms with Gasteiger partial charge in [-0.25, -0.2) is 0 Å². The Hall–Kier alpha value is -0.730. The molecule has 2 nitrogen and oxygen atoms in total. The lowest BCUT2D eigenvalue weighted by molar-refractivity contribution is -0.0166. The second-order valence-electron chi connectivity index (χ2n) is 7.28. The molecule has 0 spiro atoms. The molecule has 0 atom stereocenters. The van der Waals surface area contributed by atoms with Crippen molar-refractivity contribution in [2.24, 2.45) is 17.8 Å². The number of halogens is 2. The molecule has 4 aliphatic rings. The van der Waals surface area contributed by atoms with E-state index in [0.717, 1.165) is 37.0 Å². The highest BCUT2D eigenvalue weighted by atomic mass is 35.5. The zero-order valence-electron chi connectivity index (χ0n) is 11.9. The average molecular weight is 324 g/mol. The van der Waals surface area contributed by atoms with E-state index in [1.54, 1.807) is 18.2 Å². The average Bonchev–Trinajstić information content (AvgIpc) is 2.35. The third-order valence-corrected chi connectivity index (χ3v) is 6.14. The molecule has 112 valence electrons. The minimum Gasteiger partial charge on any atom is -0.347 e. The van der Waals surface area contributed by atoms with Crippen LogP contribution in [0.1, 0.15) is 48.9 Å². The van der Waals surface area contributed by atoms with Crippen molar-refractivity contribution in [2.45, 2.75) is 44.1 Å². The highest BCUT2D eigenvalue weighted by molar-refractivity contribution is 6.36. The van der Waals surface area contributed by atoms with Gasteiger partial charge in [-0.15, -0.1) is 0 Å². The maximum atomic E-state index is 12.6. The molecule has 0 saturated heterocycles. The quantitative estimate of drug-likeness (QED) is 0.840. The number of nitrogens with one attached hydrogen (secondary N) is 1. The van der Waals surface area contributed by atoms with E-state index in [0.29, 0.717) is 15.6 Å². The number of carbonyl (C=O) groups is 1. The molecule has 0 aliphatic heterocycles. The van der Waals surface area contributed by atoms with Gasteiger partial charge in [0.15, 0.2) is 0 Å². The summed E-state index contributed by atoms with van der Waals surface area (Å²) in [5, 5.41) is 4.33. The number of amides is 1. The Bertz CT molecular complexity index is 563. The Morgan fingerprint density at radius 2 is 1.62 bits per heavy atom. The van der Waals surface area contributed by atoms with Crippen LogP contribution in [0.4, 0.5) is 0 Å². The lowest BCUT2D eigenvalue weighted by Crippen LogP contribution is -2.59. The summed E-state index contributed by atoms with van der Waals surface area (Å²) in [6.07, 6.45) is 7.56. The smallest absolute Gasteiger partial charge is 0.253 e. The van der Waals surface area contributed by atoms with Crippen LogP contribution in [0.3, 0.4) is 0 Å². The Labute approximate surface area is 135 Å². The van der Waals surface area contributed by atoms with Crippen molar-refractivity contribution in [1.29, 1.82) is 0 Å². The number of benzene rings is 1. The lowest BCUT2D eigenvalue weighted by atomic mass is 9.53. The normalized spacial score (nSPS) is 36.8. The molecular weight excluding hydrogens is 305 g/mol. The molecule has 21 heavy (non-hydrogen) atoms. The second kappa shape index (κ2) is 4.89. The first-order valence-corrected chi connectivity index (χ1v) is 8.56. The van der Waals surface area contributed by atoms with Crippen LogP contribution < -0.4 is 5.32 Å². The van der Waals surface area contributed by atoms with E-state index < -0.39 is 0 Å². The third kappa shape index (κ3) is 2.47. The number of carbonyl (C=O) groups excluding carboxylic acids is 1. The van der Waals surface area contributed by atoms with Crippen LogP contribution in [0, 0.1) is 17.8 Å². The molecule has 0 radical (unpaired) electrons. The predicted molar refractivity (Wildman–Crippen MR) is 84.8 cm³/mol. The molecule has 1 aromatic carbocycles. The first kappa shape index (κ1) is 13.9. The number of rotatable bonds is 2. The molecule has 4 heteroatoms. The summed E-state index contributed by atoms with van der Waals surface area (Å²) in [5.41, 5.74) is 0.561. The van der Waals surface area contributed by atoms with Crippen LogP contribution in [0.25, 0.3) is 0 Å². The van der Waals surface area contributed by atoms with E-state index in [1.807, 2.05) is 0 Å². The van der Waals surface area contributed by atoms with Crippen molar-refractivity contribution in [3.63, 3.8) is 0 Å². The summed E-state index contributed by atoms with van der Waals surface area (Å²) in [7, 11) is 0. The highest BCUT2D eigenvalue weighted by Gasteiger charge is 2.51. The lowest BCUT2D eigenvalue weighted by Gasteiger charge is -2.56. The Balaban J connectivity index is 1.57. The molecule has 5 rings (SSSR count).